The molecule has 1 heterocycles. The van der Waals surface area contributed by atoms with Gasteiger partial charge >= 0.3 is 5.97 Å². The number of aromatic nitrogens is 1. The topological polar surface area (TPSA) is 42.4 Å². The van der Waals surface area contributed by atoms with E-state index in [2.05, 4.69) is 28.8 Å². The number of nitrogens with zero attached hydrogens (tertiary/aromatic N) is 2. The number of hydrogen-bond donors (Lipinski definition) is 0. The van der Waals surface area contributed by atoms with E-state index >= 15 is 0 Å². The highest BCUT2D eigenvalue weighted by Crippen LogP contribution is 2.30. The molecule has 0 aliphatic carbocycles. The molecule has 4 nitrogen and oxygen atoms in total. The van der Waals surface area contributed by atoms with Gasteiger partial charge in [-0.1, -0.05) is 47.2 Å². The second-order valence-corrected chi connectivity index (χ2v) is 5.73. The van der Waals surface area contributed by atoms with Gasteiger partial charge in [0.05, 0.1) is 7.11 Å². The van der Waals surface area contributed by atoms with E-state index in [9.17, 15) is 4.79 Å². The summed E-state index contributed by atoms with van der Waals surface area (Å²) >= 11 is 7.20. The van der Waals surface area contributed by atoms with Gasteiger partial charge in [-0.3, -0.25) is 0 Å². The molecule has 0 N–H and O–H groups in total. The zero-order valence-corrected chi connectivity index (χ0v) is 13.1. The van der Waals surface area contributed by atoms with E-state index in [1.54, 1.807) is 0 Å². The summed E-state index contributed by atoms with van der Waals surface area (Å²) in [7, 11) is 3.25. The van der Waals surface area contributed by atoms with Crippen LogP contribution in [0.15, 0.2) is 24.3 Å². The first-order valence-corrected chi connectivity index (χ1v) is 7.22. The summed E-state index contributed by atoms with van der Waals surface area (Å²) in [6.45, 7) is 2.77. The molecule has 0 saturated carbocycles. The molecule has 0 aliphatic heterocycles. The predicted molar refractivity (Wildman–Crippen MR) is 81.7 cm³/mol. The molecule has 6 heteroatoms. The van der Waals surface area contributed by atoms with E-state index in [0.717, 1.165) is 0 Å². The van der Waals surface area contributed by atoms with Crippen molar-refractivity contribution in [1.82, 2.24) is 4.98 Å². The number of halogens is 1. The Labute approximate surface area is 127 Å². The maximum atomic E-state index is 11.5. The minimum absolute atomic E-state index is 0.188. The third kappa shape index (κ3) is 3.11. The lowest BCUT2D eigenvalue weighted by atomic mass is 10.1. The fourth-order valence-electron chi connectivity index (χ4n) is 1.78. The molecule has 106 valence electrons. The maximum Gasteiger partial charge on any atom is 0.351 e. The lowest BCUT2D eigenvalue weighted by Crippen LogP contribution is -2.16. The lowest BCUT2D eigenvalue weighted by molar-refractivity contribution is 0.0606. The van der Waals surface area contributed by atoms with Crippen LogP contribution >= 0.6 is 22.9 Å². The molecule has 0 bridgehead atoms. The molecule has 1 aromatic heterocycles. The number of carbonyl (C=O) groups excluding carboxylic acids is 1. The molecular weight excluding hydrogens is 296 g/mol. The van der Waals surface area contributed by atoms with Gasteiger partial charge in [-0.05, 0) is 18.1 Å². The van der Waals surface area contributed by atoms with Crippen LogP contribution in [0, 0.1) is 6.92 Å². The van der Waals surface area contributed by atoms with Crippen molar-refractivity contribution in [1.29, 1.82) is 0 Å². The highest BCUT2D eigenvalue weighted by Gasteiger charge is 2.19. The summed E-state index contributed by atoms with van der Waals surface area (Å²) in [6.07, 6.45) is 0. The number of aryl methyl sites for hydroxylation is 1. The molecule has 2 aromatic rings. The number of hydrogen-bond acceptors (Lipinski definition) is 5. The van der Waals surface area contributed by atoms with Crippen molar-refractivity contribution in [3.05, 3.63) is 45.4 Å². The van der Waals surface area contributed by atoms with Crippen molar-refractivity contribution in [2.24, 2.45) is 0 Å². The minimum Gasteiger partial charge on any atom is -0.465 e. The van der Waals surface area contributed by atoms with E-state index in [0.29, 0.717) is 16.6 Å². The first-order chi connectivity index (χ1) is 9.52. The van der Waals surface area contributed by atoms with Crippen molar-refractivity contribution in [3.63, 3.8) is 0 Å². The largest absolute Gasteiger partial charge is 0.465 e. The average molecular weight is 311 g/mol. The molecular formula is C14H15ClN2O2S. The highest BCUT2D eigenvalue weighted by atomic mass is 35.5. The van der Waals surface area contributed by atoms with Crippen molar-refractivity contribution in [3.8, 4) is 0 Å². The van der Waals surface area contributed by atoms with E-state index in [1.807, 2.05) is 24.1 Å². The first-order valence-electron chi connectivity index (χ1n) is 6.03. The van der Waals surface area contributed by atoms with Gasteiger partial charge in [0, 0.05) is 13.6 Å². The Morgan fingerprint density at radius 3 is 2.80 bits per heavy atom. The molecule has 0 aliphatic rings. The molecule has 0 fully saturated rings. The number of methoxy groups -OCH3 is 1. The number of rotatable bonds is 4. The monoisotopic (exact) mass is 310 g/mol. The smallest absolute Gasteiger partial charge is 0.351 e. The zero-order valence-electron chi connectivity index (χ0n) is 11.5. The normalized spacial score (nSPS) is 10.4. The maximum absolute atomic E-state index is 11.5. The van der Waals surface area contributed by atoms with Crippen LogP contribution in [0.3, 0.4) is 0 Å². The van der Waals surface area contributed by atoms with Gasteiger partial charge in [-0.2, -0.15) is 0 Å². The lowest BCUT2D eigenvalue weighted by Gasteiger charge is -2.16. The third-order valence-corrected chi connectivity index (χ3v) is 4.48. The van der Waals surface area contributed by atoms with E-state index in [1.165, 1.54) is 29.6 Å². The van der Waals surface area contributed by atoms with Crippen molar-refractivity contribution < 1.29 is 9.53 Å². The molecule has 0 unspecified atom stereocenters. The van der Waals surface area contributed by atoms with Gasteiger partial charge in [-0.25, -0.2) is 9.78 Å². The van der Waals surface area contributed by atoms with Gasteiger partial charge in [0.2, 0.25) is 0 Å². The van der Waals surface area contributed by atoms with Crippen LogP contribution in [0.2, 0.25) is 5.15 Å². The quantitative estimate of drug-likeness (QED) is 0.810. The number of thiazole rings is 1. The number of carbonyl (C=O) groups is 1. The zero-order chi connectivity index (χ0) is 14.7. The Kier molecular flexibility index (Phi) is 4.62. The highest BCUT2D eigenvalue weighted by molar-refractivity contribution is 7.18. The SMILES string of the molecule is COC(=O)c1sc(N(C)Cc2ccccc2C)nc1Cl. The van der Waals surface area contributed by atoms with Crippen molar-refractivity contribution in [2.75, 3.05) is 19.1 Å². The van der Waals surface area contributed by atoms with Gasteiger partial charge in [-0.15, -0.1) is 0 Å². The first kappa shape index (κ1) is 14.8. The van der Waals surface area contributed by atoms with Crippen LogP contribution in [-0.4, -0.2) is 25.1 Å². The van der Waals surface area contributed by atoms with Crippen LogP contribution in [0.5, 0.6) is 0 Å². The fourth-order valence-corrected chi connectivity index (χ4v) is 2.94. The van der Waals surface area contributed by atoms with E-state index in [4.69, 9.17) is 11.6 Å². The summed E-state index contributed by atoms with van der Waals surface area (Å²) in [4.78, 5) is 18.0. The van der Waals surface area contributed by atoms with Crippen LogP contribution in [-0.2, 0) is 11.3 Å². The van der Waals surface area contributed by atoms with Crippen LogP contribution in [0.25, 0.3) is 0 Å². The Bertz CT molecular complexity index is 627. The van der Waals surface area contributed by atoms with Gasteiger partial charge in [0.1, 0.15) is 0 Å². The molecule has 0 atom stereocenters. The van der Waals surface area contributed by atoms with Gasteiger partial charge in [0.15, 0.2) is 15.2 Å². The number of anilines is 1. The molecule has 0 spiro atoms. The van der Waals surface area contributed by atoms with Gasteiger partial charge < -0.3 is 9.64 Å². The second-order valence-electron chi connectivity index (χ2n) is 4.39. The molecule has 0 amide bonds. The number of esters is 1. The predicted octanol–water partition coefficient (Wildman–Crippen LogP) is 3.53. The van der Waals surface area contributed by atoms with Crippen molar-refractivity contribution in [2.45, 2.75) is 13.5 Å². The summed E-state index contributed by atoms with van der Waals surface area (Å²) in [6, 6.07) is 8.15. The average Bonchev–Trinajstić information content (AvgIpc) is 2.82. The Hall–Kier alpha value is -1.59. The third-order valence-electron chi connectivity index (χ3n) is 2.94. The van der Waals surface area contributed by atoms with Gasteiger partial charge in [0.25, 0.3) is 0 Å². The number of ether oxygens (including phenoxy) is 1. The second kappa shape index (κ2) is 6.24. The molecule has 1 aromatic carbocycles. The summed E-state index contributed by atoms with van der Waals surface area (Å²) in [5, 5.41) is 0.882. The van der Waals surface area contributed by atoms with Crippen LogP contribution in [0.1, 0.15) is 20.8 Å². The Balaban J connectivity index is 2.20. The summed E-state index contributed by atoms with van der Waals surface area (Å²) < 4.78 is 4.68. The summed E-state index contributed by atoms with van der Waals surface area (Å²) in [5.74, 6) is -0.456. The molecule has 2 rings (SSSR count). The molecule has 0 radical (unpaired) electrons. The standard InChI is InChI=1S/C14H15ClN2O2S/c1-9-6-4-5-7-10(9)8-17(2)14-16-12(15)11(20-14)13(18)19-3/h4-7H,8H2,1-3H3. The van der Waals surface area contributed by atoms with Crippen LogP contribution in [0.4, 0.5) is 5.13 Å². The minimum atomic E-state index is -0.456. The Morgan fingerprint density at radius 1 is 1.45 bits per heavy atom. The molecule has 20 heavy (non-hydrogen) atoms. The van der Waals surface area contributed by atoms with E-state index < -0.39 is 5.97 Å². The number of benzene rings is 1. The van der Waals surface area contributed by atoms with E-state index in [-0.39, 0.29) is 5.15 Å². The fraction of sp³-hybridized carbons (Fsp3) is 0.286. The summed E-state index contributed by atoms with van der Waals surface area (Å²) in [5.41, 5.74) is 2.43. The Morgan fingerprint density at radius 2 is 2.15 bits per heavy atom. The molecule has 0 saturated heterocycles. The van der Waals surface area contributed by atoms with Crippen LogP contribution < -0.4 is 4.90 Å². The van der Waals surface area contributed by atoms with Crippen molar-refractivity contribution >= 4 is 34.0 Å².